The van der Waals surface area contributed by atoms with Crippen molar-refractivity contribution in [3.8, 4) is 0 Å². The van der Waals surface area contributed by atoms with Gasteiger partial charge in [-0.3, -0.25) is 4.79 Å². The van der Waals surface area contributed by atoms with Gasteiger partial charge in [0.05, 0.1) is 6.54 Å². The van der Waals surface area contributed by atoms with E-state index in [-0.39, 0.29) is 6.54 Å². The van der Waals surface area contributed by atoms with Gasteiger partial charge in [-0.2, -0.15) is 11.3 Å². The minimum atomic E-state index is -1.31. The summed E-state index contributed by atoms with van der Waals surface area (Å²) in [7, 11) is 1.21. The number of hydrogen-bond acceptors (Lipinski definition) is 5. The van der Waals surface area contributed by atoms with E-state index in [4.69, 9.17) is 5.11 Å². The average molecular weight is 244 g/mol. The van der Waals surface area contributed by atoms with Crippen LogP contribution < -0.4 is 10.6 Å². The number of amides is 1. The van der Waals surface area contributed by atoms with Crippen molar-refractivity contribution < 1.29 is 19.4 Å². The Balaban J connectivity index is 2.33. The topological polar surface area (TPSA) is 87.7 Å². The lowest BCUT2D eigenvalue weighted by Gasteiger charge is -2.12. The molecule has 88 valence electrons. The number of carboxylic acids is 1. The Bertz CT molecular complexity index is 352. The first-order valence-electron chi connectivity index (χ1n) is 4.44. The summed E-state index contributed by atoms with van der Waals surface area (Å²) in [6, 6.07) is 1.82. The van der Waals surface area contributed by atoms with Gasteiger partial charge in [0.1, 0.15) is 0 Å². The smallest absolute Gasteiger partial charge is 0.354 e. The molecule has 0 radical (unpaired) electrons. The maximum Gasteiger partial charge on any atom is 0.354 e. The van der Waals surface area contributed by atoms with Crippen LogP contribution >= 0.6 is 11.3 Å². The number of rotatable bonds is 6. The molecule has 0 aliphatic rings. The van der Waals surface area contributed by atoms with Gasteiger partial charge in [-0.15, -0.1) is 0 Å². The van der Waals surface area contributed by atoms with Crippen LogP contribution in [0.5, 0.6) is 0 Å². The molecule has 3 N–H and O–H groups in total. The SMILES string of the molecule is COC(NC(=O)CNc1ccsc1)C(=O)O. The molecule has 0 aliphatic heterocycles. The lowest BCUT2D eigenvalue weighted by molar-refractivity contribution is -0.153. The molecule has 1 aromatic heterocycles. The molecule has 1 aromatic rings. The summed E-state index contributed by atoms with van der Waals surface area (Å²) in [6.07, 6.45) is -1.31. The predicted octanol–water partition coefficient (Wildman–Crippen LogP) is 0.333. The monoisotopic (exact) mass is 244 g/mol. The van der Waals surface area contributed by atoms with Crippen molar-refractivity contribution in [3.63, 3.8) is 0 Å². The number of aliphatic carboxylic acids is 1. The van der Waals surface area contributed by atoms with Crippen LogP contribution in [-0.2, 0) is 14.3 Å². The second kappa shape index (κ2) is 6.09. The van der Waals surface area contributed by atoms with E-state index in [1.807, 2.05) is 16.8 Å². The van der Waals surface area contributed by atoms with Crippen LogP contribution in [0.3, 0.4) is 0 Å². The Hall–Kier alpha value is -1.60. The van der Waals surface area contributed by atoms with Crippen LogP contribution in [0.2, 0.25) is 0 Å². The van der Waals surface area contributed by atoms with E-state index in [9.17, 15) is 9.59 Å². The number of methoxy groups -OCH3 is 1. The van der Waals surface area contributed by atoms with E-state index in [0.29, 0.717) is 0 Å². The third-order valence-corrected chi connectivity index (χ3v) is 2.41. The number of carbonyl (C=O) groups is 2. The van der Waals surface area contributed by atoms with E-state index in [1.54, 1.807) is 0 Å². The lowest BCUT2D eigenvalue weighted by Crippen LogP contribution is -2.44. The lowest BCUT2D eigenvalue weighted by atomic mass is 10.4. The Labute approximate surface area is 96.2 Å². The summed E-state index contributed by atoms with van der Waals surface area (Å²) >= 11 is 1.50. The van der Waals surface area contributed by atoms with E-state index >= 15 is 0 Å². The first-order chi connectivity index (χ1) is 7.63. The van der Waals surface area contributed by atoms with Crippen molar-refractivity contribution >= 4 is 28.9 Å². The van der Waals surface area contributed by atoms with Gasteiger partial charge < -0.3 is 20.5 Å². The molecule has 0 aromatic carbocycles. The molecular formula is C9H12N2O4S. The molecule has 6 nitrogen and oxygen atoms in total. The molecule has 0 saturated carbocycles. The molecule has 1 rings (SSSR count). The Kier molecular flexibility index (Phi) is 4.74. The van der Waals surface area contributed by atoms with Gasteiger partial charge in [0.15, 0.2) is 0 Å². The van der Waals surface area contributed by atoms with E-state index in [1.165, 1.54) is 18.4 Å². The second-order valence-corrected chi connectivity index (χ2v) is 3.67. The summed E-state index contributed by atoms with van der Waals surface area (Å²) in [6.45, 7) is 0.00384. The van der Waals surface area contributed by atoms with Gasteiger partial charge in [0, 0.05) is 18.2 Å². The van der Waals surface area contributed by atoms with Crippen LogP contribution in [0, 0.1) is 0 Å². The molecule has 1 atom stereocenters. The second-order valence-electron chi connectivity index (χ2n) is 2.89. The number of nitrogens with one attached hydrogen (secondary N) is 2. The van der Waals surface area contributed by atoms with Crippen molar-refractivity contribution in [1.29, 1.82) is 0 Å². The summed E-state index contributed by atoms with van der Waals surface area (Å²) < 4.78 is 4.56. The van der Waals surface area contributed by atoms with Crippen molar-refractivity contribution in [2.75, 3.05) is 19.0 Å². The van der Waals surface area contributed by atoms with E-state index in [2.05, 4.69) is 15.4 Å². The van der Waals surface area contributed by atoms with Crippen LogP contribution in [0.4, 0.5) is 5.69 Å². The van der Waals surface area contributed by atoms with Gasteiger partial charge in [0.25, 0.3) is 0 Å². The van der Waals surface area contributed by atoms with Crippen molar-refractivity contribution in [3.05, 3.63) is 16.8 Å². The van der Waals surface area contributed by atoms with Crippen molar-refractivity contribution in [2.24, 2.45) is 0 Å². The third kappa shape index (κ3) is 3.87. The van der Waals surface area contributed by atoms with Crippen LogP contribution in [0.15, 0.2) is 16.8 Å². The number of carbonyl (C=O) groups excluding carboxylic acids is 1. The fraction of sp³-hybridized carbons (Fsp3) is 0.333. The molecule has 7 heteroatoms. The Morgan fingerprint density at radius 3 is 2.88 bits per heavy atom. The highest BCUT2D eigenvalue weighted by atomic mass is 32.1. The first-order valence-corrected chi connectivity index (χ1v) is 5.39. The standard InChI is InChI=1S/C9H12N2O4S/c1-15-8(9(13)14)11-7(12)4-10-6-2-3-16-5-6/h2-3,5,8,10H,4H2,1H3,(H,11,12)(H,13,14). The summed E-state index contributed by atoms with van der Waals surface area (Å²) in [5.41, 5.74) is 0.824. The van der Waals surface area contributed by atoms with Crippen LogP contribution in [0.1, 0.15) is 0 Å². The molecule has 0 bridgehead atoms. The summed E-state index contributed by atoms with van der Waals surface area (Å²) in [5, 5.41) is 17.4. The summed E-state index contributed by atoms with van der Waals surface area (Å²) in [4.78, 5) is 21.8. The zero-order valence-electron chi connectivity index (χ0n) is 8.60. The van der Waals surface area contributed by atoms with Crippen LogP contribution in [0.25, 0.3) is 0 Å². The van der Waals surface area contributed by atoms with Gasteiger partial charge in [-0.1, -0.05) is 0 Å². The molecule has 1 amide bonds. The molecule has 0 aliphatic carbocycles. The quantitative estimate of drug-likeness (QED) is 0.628. The zero-order chi connectivity index (χ0) is 12.0. The van der Waals surface area contributed by atoms with E-state index < -0.39 is 18.1 Å². The first kappa shape index (κ1) is 12.5. The van der Waals surface area contributed by atoms with Crippen molar-refractivity contribution in [1.82, 2.24) is 5.32 Å². The minimum Gasteiger partial charge on any atom is -0.478 e. The largest absolute Gasteiger partial charge is 0.478 e. The number of carboxylic acid groups (broad SMARTS) is 1. The fourth-order valence-corrected chi connectivity index (χ4v) is 1.58. The molecule has 0 spiro atoms. The van der Waals surface area contributed by atoms with Crippen LogP contribution in [-0.4, -0.2) is 36.9 Å². The number of ether oxygens (including phenoxy) is 1. The molecule has 0 fully saturated rings. The van der Waals surface area contributed by atoms with Gasteiger partial charge in [0.2, 0.25) is 12.1 Å². The highest BCUT2D eigenvalue weighted by molar-refractivity contribution is 7.08. The van der Waals surface area contributed by atoms with Gasteiger partial charge in [-0.05, 0) is 11.4 Å². The predicted molar refractivity (Wildman–Crippen MR) is 59.4 cm³/mol. The molecule has 1 heterocycles. The summed E-state index contributed by atoms with van der Waals surface area (Å²) in [5.74, 6) is -1.67. The number of thiophene rings is 1. The maximum atomic E-state index is 11.3. The minimum absolute atomic E-state index is 0.00384. The molecule has 1 unspecified atom stereocenters. The maximum absolute atomic E-state index is 11.3. The highest BCUT2D eigenvalue weighted by Gasteiger charge is 2.18. The third-order valence-electron chi connectivity index (χ3n) is 1.73. The van der Waals surface area contributed by atoms with Crippen molar-refractivity contribution in [2.45, 2.75) is 6.23 Å². The average Bonchev–Trinajstić information content (AvgIpc) is 2.75. The Morgan fingerprint density at radius 2 is 2.38 bits per heavy atom. The number of anilines is 1. The highest BCUT2D eigenvalue weighted by Crippen LogP contribution is 2.10. The molecule has 16 heavy (non-hydrogen) atoms. The zero-order valence-corrected chi connectivity index (χ0v) is 9.41. The Morgan fingerprint density at radius 1 is 1.62 bits per heavy atom. The molecule has 0 saturated heterocycles. The molecular weight excluding hydrogens is 232 g/mol. The number of hydrogen-bond donors (Lipinski definition) is 3. The van der Waals surface area contributed by atoms with E-state index in [0.717, 1.165) is 5.69 Å². The fourth-order valence-electron chi connectivity index (χ4n) is 0.966. The van der Waals surface area contributed by atoms with Gasteiger partial charge >= 0.3 is 5.97 Å². The normalized spacial score (nSPS) is 11.8. The van der Waals surface area contributed by atoms with Gasteiger partial charge in [-0.25, -0.2) is 4.79 Å².